The van der Waals surface area contributed by atoms with Crippen LogP contribution in [0.25, 0.3) is 49.0 Å². The molecule has 0 bridgehead atoms. The molecule has 0 amide bonds. The number of fused-ring (bicyclic) bond motifs is 9. The Labute approximate surface area is 369 Å². The zero-order chi connectivity index (χ0) is 42.9. The van der Waals surface area contributed by atoms with Crippen molar-refractivity contribution in [2.75, 3.05) is 4.90 Å². The molecule has 2 atom stereocenters. The fourth-order valence-electron chi connectivity index (χ4n) is 11.3. The molecule has 2 heteroatoms. The van der Waals surface area contributed by atoms with Gasteiger partial charge in [-0.3, -0.25) is 0 Å². The van der Waals surface area contributed by atoms with E-state index in [1.165, 1.54) is 98.8 Å². The van der Waals surface area contributed by atoms with Crippen LogP contribution in [-0.2, 0) is 16.2 Å². The van der Waals surface area contributed by atoms with E-state index >= 15 is 0 Å². The van der Waals surface area contributed by atoms with Crippen LogP contribution in [0, 0.1) is 17.8 Å². The molecule has 1 nitrogen and oxygen atoms in total. The van der Waals surface area contributed by atoms with Gasteiger partial charge in [0.1, 0.15) is 0 Å². The minimum Gasteiger partial charge on any atom is -0.310 e. The van der Waals surface area contributed by atoms with E-state index < -0.39 is 0 Å². The second-order valence-corrected chi connectivity index (χ2v) is 22.1. The predicted octanol–water partition coefficient (Wildman–Crippen LogP) is 17.4. The lowest BCUT2D eigenvalue weighted by atomic mass is 9.73. The fraction of sp³-hybridized carbons (Fsp3) is 0.322. The molecule has 1 aromatic heterocycles. The van der Waals surface area contributed by atoms with Crippen molar-refractivity contribution in [1.82, 2.24) is 0 Å². The van der Waals surface area contributed by atoms with E-state index in [9.17, 15) is 0 Å². The molecular weight excluding hydrogens is 755 g/mol. The Kier molecular flexibility index (Phi) is 9.11. The highest BCUT2D eigenvalue weighted by Gasteiger charge is 2.39. The highest BCUT2D eigenvalue weighted by atomic mass is 32.1. The van der Waals surface area contributed by atoms with E-state index in [1.807, 2.05) is 11.3 Å². The monoisotopic (exact) mass is 815 g/mol. The van der Waals surface area contributed by atoms with E-state index in [0.717, 1.165) is 0 Å². The summed E-state index contributed by atoms with van der Waals surface area (Å²) >= 11 is 2.02. The van der Waals surface area contributed by atoms with E-state index in [2.05, 4.69) is 215 Å². The van der Waals surface area contributed by atoms with Crippen LogP contribution in [-0.4, -0.2) is 0 Å². The summed E-state index contributed by atoms with van der Waals surface area (Å²) in [6.45, 7) is 28.6. The van der Waals surface area contributed by atoms with Crippen molar-refractivity contribution in [3.8, 4) is 33.4 Å². The van der Waals surface area contributed by atoms with Gasteiger partial charge < -0.3 is 4.90 Å². The first-order valence-corrected chi connectivity index (χ1v) is 23.5. The lowest BCUT2D eigenvalue weighted by Crippen LogP contribution is -2.20. The Bertz CT molecular complexity index is 2940. The van der Waals surface area contributed by atoms with Gasteiger partial charge in [0.15, 0.2) is 0 Å². The van der Waals surface area contributed by atoms with Gasteiger partial charge in [0, 0.05) is 42.9 Å². The normalized spacial score (nSPS) is 18.2. The Hall–Kier alpha value is -5.18. The van der Waals surface area contributed by atoms with Crippen molar-refractivity contribution < 1.29 is 0 Å². The third kappa shape index (κ3) is 5.99. The van der Waals surface area contributed by atoms with Gasteiger partial charge in [0.25, 0.3) is 0 Å². The summed E-state index contributed by atoms with van der Waals surface area (Å²) in [6, 6.07) is 47.0. The molecule has 10 rings (SSSR count). The maximum atomic E-state index is 2.62. The van der Waals surface area contributed by atoms with Crippen molar-refractivity contribution in [2.24, 2.45) is 17.8 Å². The molecule has 6 aromatic carbocycles. The van der Waals surface area contributed by atoms with Crippen LogP contribution in [0.15, 0.2) is 127 Å². The van der Waals surface area contributed by atoms with Gasteiger partial charge in [-0.15, -0.1) is 11.3 Å². The lowest BCUT2D eigenvalue weighted by Gasteiger charge is -2.32. The van der Waals surface area contributed by atoms with Crippen molar-refractivity contribution in [3.63, 3.8) is 0 Å². The van der Waals surface area contributed by atoms with Gasteiger partial charge in [0.05, 0.1) is 5.69 Å². The summed E-state index contributed by atoms with van der Waals surface area (Å²) in [5.74, 6) is 2.04. The molecule has 0 radical (unpaired) electrons. The SMILES string of the molecule is CC(C)C1=CC(C(C)C)C(C)c2c1sc1c(-c3ccccc3N(c3ccc4c(c3)C(C)(C)c3ccccc3-4)c3ccc4c(c3)C(C)(C)c3cc(C(C)(C)C)ccc3-4)cccc21. The highest BCUT2D eigenvalue weighted by molar-refractivity contribution is 7.21. The minimum absolute atomic E-state index is 0.0814. The van der Waals surface area contributed by atoms with E-state index in [1.54, 1.807) is 5.56 Å². The van der Waals surface area contributed by atoms with Crippen molar-refractivity contribution in [3.05, 3.63) is 166 Å². The van der Waals surface area contributed by atoms with Crippen LogP contribution in [0.4, 0.5) is 17.1 Å². The zero-order valence-corrected chi connectivity index (χ0v) is 39.1. The molecule has 0 N–H and O–H groups in total. The van der Waals surface area contributed by atoms with Crippen LogP contribution >= 0.6 is 11.3 Å². The number of hydrogen-bond acceptors (Lipinski definition) is 2. The molecule has 1 heterocycles. The van der Waals surface area contributed by atoms with E-state index in [4.69, 9.17) is 0 Å². The summed E-state index contributed by atoms with van der Waals surface area (Å²) in [5.41, 5.74) is 21.4. The molecule has 3 aliphatic rings. The fourth-order valence-corrected chi connectivity index (χ4v) is 13.0. The zero-order valence-electron chi connectivity index (χ0n) is 38.3. The third-order valence-corrected chi connectivity index (χ3v) is 16.2. The van der Waals surface area contributed by atoms with Crippen LogP contribution in [0.1, 0.15) is 127 Å². The van der Waals surface area contributed by atoms with E-state index in [0.29, 0.717) is 23.7 Å². The second kappa shape index (κ2) is 13.9. The van der Waals surface area contributed by atoms with Crippen LogP contribution in [0.5, 0.6) is 0 Å². The third-order valence-electron chi connectivity index (χ3n) is 14.9. The first kappa shape index (κ1) is 39.9. The molecular formula is C59H61NS. The number of benzene rings is 6. The first-order valence-electron chi connectivity index (χ1n) is 22.7. The predicted molar refractivity (Wildman–Crippen MR) is 265 cm³/mol. The number of thiophene rings is 1. The summed E-state index contributed by atoms with van der Waals surface area (Å²) in [5, 5.41) is 1.42. The average Bonchev–Trinajstić information content (AvgIpc) is 3.81. The number of rotatable bonds is 6. The number of para-hydroxylation sites is 1. The molecule has 0 saturated heterocycles. The standard InChI is InChI=1S/C59H61NS/c1-34(2)47-33-48(35(3)4)56-54(36(47)5)46-21-17-20-45(55(46)61-56)44-19-14-16-23-53(44)60(38-25-28-42-40-18-13-15-22-49(40)58(9,10)51(42)31-38)39-26-29-43-41-27-24-37(57(6,7)8)30-50(41)59(11,12)52(43)32-39/h13-36,47H,1-12H3. The summed E-state index contributed by atoms with van der Waals surface area (Å²) in [4.78, 5) is 4.06. The number of anilines is 3. The van der Waals surface area contributed by atoms with Crippen molar-refractivity contribution in [2.45, 2.75) is 105 Å². The van der Waals surface area contributed by atoms with Crippen LogP contribution in [0.3, 0.4) is 0 Å². The molecule has 0 aliphatic heterocycles. The van der Waals surface area contributed by atoms with Gasteiger partial charge in [-0.25, -0.2) is 0 Å². The van der Waals surface area contributed by atoms with Gasteiger partial charge in [0.2, 0.25) is 0 Å². The van der Waals surface area contributed by atoms with Gasteiger partial charge in [-0.05, 0) is 126 Å². The molecule has 0 spiro atoms. The highest BCUT2D eigenvalue weighted by Crippen LogP contribution is 2.56. The Balaban J connectivity index is 1.19. The summed E-state index contributed by atoms with van der Waals surface area (Å²) in [7, 11) is 0. The molecule has 2 unspecified atom stereocenters. The van der Waals surface area contributed by atoms with E-state index in [-0.39, 0.29) is 16.2 Å². The minimum atomic E-state index is -0.150. The number of allylic oxidation sites excluding steroid dienone is 2. The van der Waals surface area contributed by atoms with Crippen LogP contribution < -0.4 is 4.90 Å². The number of hydrogen-bond donors (Lipinski definition) is 0. The molecule has 308 valence electrons. The molecule has 61 heavy (non-hydrogen) atoms. The Morgan fingerprint density at radius 2 is 1.11 bits per heavy atom. The Morgan fingerprint density at radius 1 is 0.574 bits per heavy atom. The molecule has 0 fully saturated rings. The lowest BCUT2D eigenvalue weighted by molar-refractivity contribution is 0.402. The molecule has 7 aromatic rings. The summed E-state index contributed by atoms with van der Waals surface area (Å²) in [6.07, 6.45) is 2.62. The number of nitrogens with zero attached hydrogens (tertiary/aromatic N) is 1. The van der Waals surface area contributed by atoms with Gasteiger partial charge in [-0.2, -0.15) is 0 Å². The summed E-state index contributed by atoms with van der Waals surface area (Å²) < 4.78 is 1.40. The maximum absolute atomic E-state index is 2.62. The topological polar surface area (TPSA) is 3.24 Å². The molecule has 3 aliphatic carbocycles. The molecule has 0 saturated carbocycles. The quantitative estimate of drug-likeness (QED) is 0.162. The second-order valence-electron chi connectivity index (χ2n) is 21.0. The van der Waals surface area contributed by atoms with Crippen molar-refractivity contribution >= 4 is 44.1 Å². The maximum Gasteiger partial charge on any atom is 0.0540 e. The van der Waals surface area contributed by atoms with Gasteiger partial charge in [-0.1, -0.05) is 180 Å². The average molecular weight is 816 g/mol. The first-order chi connectivity index (χ1) is 29.0. The smallest absolute Gasteiger partial charge is 0.0540 e. The largest absolute Gasteiger partial charge is 0.310 e. The van der Waals surface area contributed by atoms with Crippen LogP contribution in [0.2, 0.25) is 0 Å². The van der Waals surface area contributed by atoms with Crippen molar-refractivity contribution in [1.29, 1.82) is 0 Å². The van der Waals surface area contributed by atoms with Gasteiger partial charge >= 0.3 is 0 Å². The Morgan fingerprint density at radius 3 is 1.74 bits per heavy atom.